The maximum atomic E-state index is 12.9. The smallest absolute Gasteiger partial charge is 0.283 e. The van der Waals surface area contributed by atoms with E-state index in [2.05, 4.69) is 9.56 Å². The molecule has 0 saturated heterocycles. The average Bonchev–Trinajstić information content (AvgIpc) is 2.87. The van der Waals surface area contributed by atoms with Crippen molar-refractivity contribution in [3.63, 3.8) is 0 Å². The number of methoxy groups -OCH3 is 1. The van der Waals surface area contributed by atoms with Crippen LogP contribution in [-0.2, 0) is 12.1 Å². The Bertz CT molecular complexity index is 920. The lowest BCUT2D eigenvalue weighted by Crippen LogP contribution is -2.26. The summed E-state index contributed by atoms with van der Waals surface area (Å²) in [6.07, 6.45) is 3.63. The zero-order valence-electron chi connectivity index (χ0n) is 16.1. The van der Waals surface area contributed by atoms with Crippen LogP contribution in [0.4, 0.5) is 0 Å². The molecule has 1 heterocycles. The molecule has 0 aliphatic heterocycles. The maximum absolute atomic E-state index is 12.9. The predicted molar refractivity (Wildman–Crippen MR) is 108 cm³/mol. The molecule has 3 rings (SSSR count). The van der Waals surface area contributed by atoms with Gasteiger partial charge in [0.2, 0.25) is 0 Å². The monoisotopic (exact) mass is 408 g/mol. The summed E-state index contributed by atoms with van der Waals surface area (Å²) >= 11 is 7.41. The third kappa shape index (κ3) is 4.28. The lowest BCUT2D eigenvalue weighted by atomic mass is 9.85. The van der Waals surface area contributed by atoms with E-state index in [1.165, 1.54) is 37.7 Å². The average molecular weight is 409 g/mol. The molecular weight excluding hydrogens is 384 g/mol. The lowest BCUT2D eigenvalue weighted by molar-refractivity contribution is 0.0811. The first kappa shape index (κ1) is 20.1. The number of nitrogens with zero attached hydrogens (tertiary/aromatic N) is 2. The lowest BCUT2D eigenvalue weighted by Gasteiger charge is -2.26. The largest absolute Gasteiger partial charge is 0.496 e. The van der Waals surface area contributed by atoms with E-state index in [0.29, 0.717) is 27.1 Å². The summed E-state index contributed by atoms with van der Waals surface area (Å²) in [6.45, 7) is 6.30. The molecule has 0 atom stereocenters. The Kier molecular flexibility index (Phi) is 5.79. The molecule has 1 amide bonds. The van der Waals surface area contributed by atoms with Gasteiger partial charge in [-0.1, -0.05) is 29.4 Å². The molecule has 0 bridgehead atoms. The van der Waals surface area contributed by atoms with E-state index in [9.17, 15) is 9.90 Å². The fourth-order valence-electron chi connectivity index (χ4n) is 3.28. The number of benzene rings is 1. The van der Waals surface area contributed by atoms with Crippen molar-refractivity contribution in [1.82, 2.24) is 4.57 Å². The standard InChI is InChI=1S/C20H25ClN2O3S/c1-12-17(20(2,3)25)27-19(23(12)11-13-6-5-7-13)22-18(24)15-10-14(21)8-9-16(15)26-4/h8-10,13,25H,5-7,11H2,1-4H3. The van der Waals surface area contributed by atoms with Crippen molar-refractivity contribution < 1.29 is 14.6 Å². The number of thiazole rings is 1. The molecule has 1 aliphatic carbocycles. The van der Waals surface area contributed by atoms with Crippen molar-refractivity contribution in [2.45, 2.75) is 52.2 Å². The minimum atomic E-state index is -0.985. The Morgan fingerprint density at radius 3 is 2.70 bits per heavy atom. The van der Waals surface area contributed by atoms with Crippen LogP contribution in [0.3, 0.4) is 0 Å². The summed E-state index contributed by atoms with van der Waals surface area (Å²) in [6, 6.07) is 4.91. The summed E-state index contributed by atoms with van der Waals surface area (Å²) in [5, 5.41) is 11.0. The third-order valence-electron chi connectivity index (χ3n) is 4.97. The van der Waals surface area contributed by atoms with Gasteiger partial charge in [0.1, 0.15) is 5.75 Å². The molecule has 0 unspecified atom stereocenters. The van der Waals surface area contributed by atoms with Gasteiger partial charge in [0.05, 0.1) is 23.2 Å². The van der Waals surface area contributed by atoms with E-state index >= 15 is 0 Å². The van der Waals surface area contributed by atoms with Gasteiger partial charge in [-0.15, -0.1) is 0 Å². The molecule has 0 spiro atoms. The number of aromatic nitrogens is 1. The second-order valence-corrected chi connectivity index (χ2v) is 8.94. The van der Waals surface area contributed by atoms with Crippen molar-refractivity contribution in [3.05, 3.63) is 44.2 Å². The predicted octanol–water partition coefficient (Wildman–Crippen LogP) is 4.29. The highest BCUT2D eigenvalue weighted by Gasteiger charge is 2.26. The summed E-state index contributed by atoms with van der Waals surface area (Å²) in [4.78, 5) is 18.7. The number of amides is 1. The number of hydrogen-bond donors (Lipinski definition) is 1. The fraction of sp³-hybridized carbons (Fsp3) is 0.500. The van der Waals surface area contributed by atoms with Crippen molar-refractivity contribution in [3.8, 4) is 5.75 Å². The van der Waals surface area contributed by atoms with E-state index in [4.69, 9.17) is 16.3 Å². The molecule has 1 aliphatic rings. The molecule has 146 valence electrons. The highest BCUT2D eigenvalue weighted by atomic mass is 35.5. The minimum Gasteiger partial charge on any atom is -0.496 e. The summed E-state index contributed by atoms with van der Waals surface area (Å²) in [5.41, 5.74) is 0.306. The van der Waals surface area contributed by atoms with E-state index in [0.717, 1.165) is 17.1 Å². The first-order chi connectivity index (χ1) is 12.7. The Hall–Kier alpha value is -1.63. The van der Waals surface area contributed by atoms with Gasteiger partial charge in [-0.05, 0) is 57.7 Å². The highest BCUT2D eigenvalue weighted by molar-refractivity contribution is 7.09. The van der Waals surface area contributed by atoms with Crippen LogP contribution in [0.2, 0.25) is 5.02 Å². The van der Waals surface area contributed by atoms with Crippen LogP contribution in [0.15, 0.2) is 23.2 Å². The summed E-state index contributed by atoms with van der Waals surface area (Å²) in [7, 11) is 1.51. The second-order valence-electron chi connectivity index (χ2n) is 7.53. The zero-order valence-corrected chi connectivity index (χ0v) is 17.7. The molecule has 27 heavy (non-hydrogen) atoms. The first-order valence-corrected chi connectivity index (χ1v) is 10.3. The number of aliphatic hydroxyl groups is 1. The third-order valence-corrected chi connectivity index (χ3v) is 6.70. The number of rotatable bonds is 5. The summed E-state index contributed by atoms with van der Waals surface area (Å²) < 4.78 is 7.35. The van der Waals surface area contributed by atoms with Gasteiger partial charge in [0.25, 0.3) is 5.91 Å². The Balaban J connectivity index is 2.09. The van der Waals surface area contributed by atoms with Crippen LogP contribution < -0.4 is 9.54 Å². The van der Waals surface area contributed by atoms with E-state index in [-0.39, 0.29) is 0 Å². The molecule has 7 heteroatoms. The van der Waals surface area contributed by atoms with Crippen molar-refractivity contribution in [1.29, 1.82) is 0 Å². The first-order valence-electron chi connectivity index (χ1n) is 9.06. The second kappa shape index (κ2) is 7.78. The van der Waals surface area contributed by atoms with Gasteiger partial charge in [-0.25, -0.2) is 0 Å². The fourth-order valence-corrected chi connectivity index (χ4v) is 4.59. The molecule has 1 saturated carbocycles. The Labute approximate surface area is 168 Å². The van der Waals surface area contributed by atoms with Gasteiger partial charge < -0.3 is 14.4 Å². The van der Waals surface area contributed by atoms with Gasteiger partial charge in [-0.3, -0.25) is 4.79 Å². The molecule has 0 radical (unpaired) electrons. The van der Waals surface area contributed by atoms with Gasteiger partial charge in [-0.2, -0.15) is 4.99 Å². The molecule has 1 aromatic heterocycles. The van der Waals surface area contributed by atoms with Crippen LogP contribution in [0.25, 0.3) is 0 Å². The number of carbonyl (C=O) groups excluding carboxylic acids is 1. The molecule has 5 nitrogen and oxygen atoms in total. The van der Waals surface area contributed by atoms with E-state index in [1.54, 1.807) is 32.0 Å². The van der Waals surface area contributed by atoms with Crippen LogP contribution in [0.1, 0.15) is 54.0 Å². The molecule has 2 aromatic rings. The molecule has 1 fully saturated rings. The van der Waals surface area contributed by atoms with E-state index in [1.807, 2.05) is 6.92 Å². The number of hydrogen-bond acceptors (Lipinski definition) is 4. The quantitative estimate of drug-likeness (QED) is 0.802. The van der Waals surface area contributed by atoms with Gasteiger partial charge in [0.15, 0.2) is 4.80 Å². The van der Waals surface area contributed by atoms with Gasteiger partial charge >= 0.3 is 0 Å². The Morgan fingerprint density at radius 2 is 2.15 bits per heavy atom. The topological polar surface area (TPSA) is 63.8 Å². The molecular formula is C20H25ClN2O3S. The van der Waals surface area contributed by atoms with Crippen molar-refractivity contribution in [2.24, 2.45) is 10.9 Å². The highest BCUT2D eigenvalue weighted by Crippen LogP contribution is 2.31. The maximum Gasteiger partial charge on any atom is 0.283 e. The number of carbonyl (C=O) groups is 1. The van der Waals surface area contributed by atoms with Crippen LogP contribution in [0.5, 0.6) is 5.75 Å². The minimum absolute atomic E-state index is 0.330. The Morgan fingerprint density at radius 1 is 1.44 bits per heavy atom. The molecule has 1 N–H and O–H groups in total. The normalized spacial score (nSPS) is 15.7. The van der Waals surface area contributed by atoms with Crippen LogP contribution >= 0.6 is 22.9 Å². The SMILES string of the molecule is COc1ccc(Cl)cc1C(=O)N=c1sc(C(C)(C)O)c(C)n1CC1CCC1. The number of ether oxygens (including phenoxy) is 1. The van der Waals surface area contributed by atoms with Gasteiger partial charge in [0, 0.05) is 17.3 Å². The van der Waals surface area contributed by atoms with Crippen molar-refractivity contribution >= 4 is 28.8 Å². The summed E-state index contributed by atoms with van der Waals surface area (Å²) in [5.74, 6) is 0.637. The van der Waals surface area contributed by atoms with Crippen LogP contribution in [0, 0.1) is 12.8 Å². The van der Waals surface area contributed by atoms with E-state index < -0.39 is 11.5 Å². The van der Waals surface area contributed by atoms with Crippen LogP contribution in [-0.4, -0.2) is 22.7 Å². The van der Waals surface area contributed by atoms with Crippen molar-refractivity contribution in [2.75, 3.05) is 7.11 Å². The number of halogens is 1. The molecule has 1 aromatic carbocycles. The zero-order chi connectivity index (χ0) is 19.8.